The maximum Gasteiger partial charge on any atom is 0.229 e. The molecule has 26 heavy (non-hydrogen) atoms. The molecule has 3 heterocycles. The molecule has 0 aliphatic rings. The Hall–Kier alpha value is -2.93. The zero-order chi connectivity index (χ0) is 18.1. The summed E-state index contributed by atoms with van der Waals surface area (Å²) in [6.45, 7) is 6.28. The van der Waals surface area contributed by atoms with Gasteiger partial charge in [-0.2, -0.15) is 10.1 Å². The Morgan fingerprint density at radius 3 is 2.73 bits per heavy atom. The Bertz CT molecular complexity index is 1000. The molecule has 0 saturated heterocycles. The van der Waals surface area contributed by atoms with Crippen molar-refractivity contribution in [1.82, 2.24) is 24.7 Å². The molecule has 0 aliphatic carbocycles. The van der Waals surface area contributed by atoms with Gasteiger partial charge in [-0.3, -0.25) is 4.57 Å². The van der Waals surface area contributed by atoms with Crippen LogP contribution in [0.4, 0.5) is 5.13 Å². The SMILES string of the molecule is Cc1cc(-c2csc(N[C@H](C)c3ccccc3)n2)c(C)n1-c1ncn[nH]1. The fourth-order valence-corrected chi connectivity index (χ4v) is 3.93. The number of hydrogen-bond acceptors (Lipinski definition) is 5. The number of hydrogen-bond donors (Lipinski definition) is 2. The molecule has 132 valence electrons. The van der Waals surface area contributed by atoms with Gasteiger partial charge in [-0.05, 0) is 32.4 Å². The van der Waals surface area contributed by atoms with Crippen LogP contribution in [-0.2, 0) is 0 Å². The van der Waals surface area contributed by atoms with Crippen LogP contribution in [0.2, 0.25) is 0 Å². The summed E-state index contributed by atoms with van der Waals surface area (Å²) in [5, 5.41) is 13.4. The molecule has 6 nitrogen and oxygen atoms in total. The van der Waals surface area contributed by atoms with Gasteiger partial charge < -0.3 is 5.32 Å². The number of aromatic amines is 1. The molecule has 3 aromatic heterocycles. The molecule has 7 heteroatoms. The number of benzene rings is 1. The van der Waals surface area contributed by atoms with E-state index in [-0.39, 0.29) is 6.04 Å². The van der Waals surface area contributed by atoms with Crippen LogP contribution < -0.4 is 5.32 Å². The van der Waals surface area contributed by atoms with E-state index in [1.165, 1.54) is 11.9 Å². The van der Waals surface area contributed by atoms with Crippen molar-refractivity contribution in [3.63, 3.8) is 0 Å². The zero-order valence-electron chi connectivity index (χ0n) is 14.9. The normalized spacial score (nSPS) is 12.3. The van der Waals surface area contributed by atoms with E-state index >= 15 is 0 Å². The lowest BCUT2D eigenvalue weighted by Gasteiger charge is -2.12. The van der Waals surface area contributed by atoms with Crippen LogP contribution in [0, 0.1) is 13.8 Å². The minimum Gasteiger partial charge on any atom is -0.355 e. The fraction of sp³-hybridized carbons (Fsp3) is 0.211. The standard InChI is InChI=1S/C19H20N6S/c1-12-9-16(14(3)25(12)18-20-11-21-24-18)17-10-26-19(23-17)22-13(2)15-7-5-4-6-8-15/h4-11,13H,1-3H3,(H,22,23)(H,20,21,24)/t13-/m1/s1. The minimum atomic E-state index is 0.205. The Morgan fingerprint density at radius 1 is 1.19 bits per heavy atom. The molecule has 4 aromatic rings. The average Bonchev–Trinajstić information content (AvgIpc) is 3.37. The Morgan fingerprint density at radius 2 is 2.00 bits per heavy atom. The van der Waals surface area contributed by atoms with E-state index in [0.717, 1.165) is 33.7 Å². The molecule has 0 spiro atoms. The number of rotatable bonds is 5. The molecule has 0 amide bonds. The van der Waals surface area contributed by atoms with Gasteiger partial charge in [0.1, 0.15) is 6.33 Å². The highest BCUT2D eigenvalue weighted by atomic mass is 32.1. The lowest BCUT2D eigenvalue weighted by molar-refractivity contribution is 0.878. The predicted octanol–water partition coefficient (Wildman–Crippen LogP) is 4.51. The maximum absolute atomic E-state index is 4.79. The predicted molar refractivity (Wildman–Crippen MR) is 105 cm³/mol. The van der Waals surface area contributed by atoms with Gasteiger partial charge in [-0.25, -0.2) is 10.1 Å². The van der Waals surface area contributed by atoms with Crippen molar-refractivity contribution < 1.29 is 0 Å². The quantitative estimate of drug-likeness (QED) is 0.547. The van der Waals surface area contributed by atoms with E-state index in [9.17, 15) is 0 Å². The average molecular weight is 364 g/mol. The van der Waals surface area contributed by atoms with Crippen molar-refractivity contribution in [2.45, 2.75) is 26.8 Å². The highest BCUT2D eigenvalue weighted by Crippen LogP contribution is 2.32. The highest BCUT2D eigenvalue weighted by Gasteiger charge is 2.16. The summed E-state index contributed by atoms with van der Waals surface area (Å²) in [5.74, 6) is 0.720. The Kier molecular flexibility index (Phi) is 4.30. The van der Waals surface area contributed by atoms with Gasteiger partial charge in [0.25, 0.3) is 0 Å². The highest BCUT2D eigenvalue weighted by molar-refractivity contribution is 7.14. The summed E-state index contributed by atoms with van der Waals surface area (Å²) in [7, 11) is 0. The fourth-order valence-electron chi connectivity index (χ4n) is 3.13. The number of anilines is 1. The summed E-state index contributed by atoms with van der Waals surface area (Å²) < 4.78 is 2.06. The smallest absolute Gasteiger partial charge is 0.229 e. The summed E-state index contributed by atoms with van der Waals surface area (Å²) >= 11 is 1.62. The number of aryl methyl sites for hydroxylation is 1. The molecule has 0 unspecified atom stereocenters. The first-order valence-electron chi connectivity index (χ1n) is 8.45. The van der Waals surface area contributed by atoms with Crippen LogP contribution >= 0.6 is 11.3 Å². The molecule has 0 bridgehead atoms. The van der Waals surface area contributed by atoms with Gasteiger partial charge in [-0.1, -0.05) is 30.3 Å². The van der Waals surface area contributed by atoms with Crippen molar-refractivity contribution >= 4 is 16.5 Å². The topological polar surface area (TPSA) is 71.4 Å². The third-order valence-electron chi connectivity index (χ3n) is 4.46. The van der Waals surface area contributed by atoms with Gasteiger partial charge in [0.2, 0.25) is 5.95 Å². The first-order valence-corrected chi connectivity index (χ1v) is 9.33. The van der Waals surface area contributed by atoms with E-state index in [1.807, 2.05) is 6.07 Å². The molecule has 0 saturated carbocycles. The van der Waals surface area contributed by atoms with Crippen molar-refractivity contribution in [3.05, 3.63) is 65.1 Å². The van der Waals surface area contributed by atoms with Gasteiger partial charge in [0.05, 0.1) is 11.7 Å². The van der Waals surface area contributed by atoms with Gasteiger partial charge in [0, 0.05) is 22.3 Å². The van der Waals surface area contributed by atoms with Crippen molar-refractivity contribution in [2.24, 2.45) is 0 Å². The van der Waals surface area contributed by atoms with E-state index in [0.29, 0.717) is 0 Å². The number of aromatic nitrogens is 5. The maximum atomic E-state index is 4.79. The second-order valence-electron chi connectivity index (χ2n) is 6.24. The molecule has 1 aromatic carbocycles. The lowest BCUT2D eigenvalue weighted by Crippen LogP contribution is -2.05. The third-order valence-corrected chi connectivity index (χ3v) is 5.24. The molecule has 2 N–H and O–H groups in total. The molecular weight excluding hydrogens is 344 g/mol. The van der Waals surface area contributed by atoms with Crippen molar-refractivity contribution in [3.8, 4) is 17.2 Å². The van der Waals surface area contributed by atoms with Gasteiger partial charge in [0.15, 0.2) is 5.13 Å². The molecule has 1 atom stereocenters. The van der Waals surface area contributed by atoms with Crippen molar-refractivity contribution in [1.29, 1.82) is 0 Å². The summed E-state index contributed by atoms with van der Waals surface area (Å²) in [5.41, 5.74) is 5.50. The Balaban J connectivity index is 1.60. The first-order chi connectivity index (χ1) is 12.6. The minimum absolute atomic E-state index is 0.205. The molecule has 0 radical (unpaired) electrons. The largest absolute Gasteiger partial charge is 0.355 e. The number of nitrogens with zero attached hydrogens (tertiary/aromatic N) is 4. The van der Waals surface area contributed by atoms with Crippen LogP contribution in [-0.4, -0.2) is 24.7 Å². The first kappa shape index (κ1) is 16.5. The van der Waals surface area contributed by atoms with Gasteiger partial charge in [-0.15, -0.1) is 11.3 Å². The number of thiazole rings is 1. The Labute approximate surface area is 156 Å². The van der Waals surface area contributed by atoms with Crippen LogP contribution in [0.15, 0.2) is 48.1 Å². The van der Waals surface area contributed by atoms with E-state index < -0.39 is 0 Å². The molecule has 0 aliphatic heterocycles. The second kappa shape index (κ2) is 6.76. The number of H-pyrrole nitrogens is 1. The summed E-state index contributed by atoms with van der Waals surface area (Å²) in [6, 6.07) is 12.7. The zero-order valence-corrected chi connectivity index (χ0v) is 15.7. The van der Waals surface area contributed by atoms with Crippen LogP contribution in [0.5, 0.6) is 0 Å². The monoisotopic (exact) mass is 364 g/mol. The summed E-state index contributed by atoms with van der Waals surface area (Å²) in [6.07, 6.45) is 1.52. The lowest BCUT2D eigenvalue weighted by atomic mass is 10.1. The summed E-state index contributed by atoms with van der Waals surface area (Å²) in [4.78, 5) is 9.05. The molecule has 0 fully saturated rings. The van der Waals surface area contributed by atoms with E-state index in [1.54, 1.807) is 11.3 Å². The number of nitrogens with one attached hydrogen (secondary N) is 2. The second-order valence-corrected chi connectivity index (χ2v) is 7.10. The van der Waals surface area contributed by atoms with Crippen molar-refractivity contribution in [2.75, 3.05) is 5.32 Å². The van der Waals surface area contributed by atoms with Crippen LogP contribution in [0.25, 0.3) is 17.2 Å². The van der Waals surface area contributed by atoms with E-state index in [2.05, 4.69) is 81.5 Å². The molecule has 4 rings (SSSR count). The third kappa shape index (κ3) is 3.01. The van der Waals surface area contributed by atoms with Crippen LogP contribution in [0.1, 0.15) is 29.9 Å². The molecular formula is C19H20N6S. The van der Waals surface area contributed by atoms with Crippen LogP contribution in [0.3, 0.4) is 0 Å². The van der Waals surface area contributed by atoms with Gasteiger partial charge >= 0.3 is 0 Å². The van der Waals surface area contributed by atoms with E-state index in [4.69, 9.17) is 4.98 Å².